The Hall–Kier alpha value is -1.10. The molecule has 1 aliphatic rings. The molecule has 1 saturated heterocycles. The smallest absolute Gasteiger partial charge is 0.259 e. The molecule has 4 nitrogen and oxygen atoms in total. The first-order chi connectivity index (χ1) is 8.74. The van der Waals surface area contributed by atoms with Gasteiger partial charge in [-0.1, -0.05) is 15.9 Å². The third-order valence-electron chi connectivity index (χ3n) is 3.38. The zero-order valence-corrected chi connectivity index (χ0v) is 11.8. The van der Waals surface area contributed by atoms with Crippen LogP contribution in [0.2, 0.25) is 0 Å². The predicted molar refractivity (Wildman–Crippen MR) is 74.1 cm³/mol. The number of hydrogen-bond donors (Lipinski definition) is 1. The molecule has 0 spiro atoms. The summed E-state index contributed by atoms with van der Waals surface area (Å²) in [5.74, 6) is -0.137. The van der Waals surface area contributed by atoms with Crippen molar-refractivity contribution in [2.75, 3.05) is 11.9 Å². The zero-order chi connectivity index (χ0) is 13.0. The summed E-state index contributed by atoms with van der Waals surface area (Å²) in [5.41, 5.74) is 0.0425. The number of piperidine rings is 1. The molecule has 1 aromatic rings. The number of rotatable bonds is 3. The summed E-state index contributed by atoms with van der Waals surface area (Å²) in [6, 6.07) is 1.65. The third-order valence-corrected chi connectivity index (χ3v) is 3.84. The fraction of sp³-hybridized carbons (Fsp3) is 0.538. The second kappa shape index (κ2) is 6.18. The number of nitrogens with one attached hydrogen (secondary N) is 1. The van der Waals surface area contributed by atoms with E-state index in [0.717, 1.165) is 37.6 Å². The number of carbonyl (C=O) groups is 1. The van der Waals surface area contributed by atoms with Crippen molar-refractivity contribution in [3.63, 3.8) is 0 Å². The highest BCUT2D eigenvalue weighted by Gasteiger charge is 2.27. The number of aromatic nitrogens is 1. The van der Waals surface area contributed by atoms with Gasteiger partial charge in [0, 0.05) is 36.4 Å². The average molecular weight is 313 g/mol. The summed E-state index contributed by atoms with van der Waals surface area (Å²) in [6.45, 7) is 0.755. The predicted octanol–water partition coefficient (Wildman–Crippen LogP) is 2.15. The summed E-state index contributed by atoms with van der Waals surface area (Å²) in [4.78, 5) is 28.8. The minimum Gasteiger partial charge on any atom is -0.367 e. The van der Waals surface area contributed by atoms with Crippen molar-refractivity contribution < 1.29 is 4.79 Å². The molecule has 0 aliphatic carbocycles. The van der Waals surface area contributed by atoms with Crippen molar-refractivity contribution >= 4 is 21.8 Å². The number of H-pyrrole nitrogens is 1. The molecular weight excluding hydrogens is 296 g/mol. The van der Waals surface area contributed by atoms with Crippen LogP contribution in [0.3, 0.4) is 0 Å². The minimum absolute atomic E-state index is 0.137. The Kier molecular flexibility index (Phi) is 4.58. The second-order valence-corrected chi connectivity index (χ2v) is 5.34. The quantitative estimate of drug-likeness (QED) is 0.870. The number of halogens is 1. The lowest BCUT2D eigenvalue weighted by molar-refractivity contribution is 0.0608. The van der Waals surface area contributed by atoms with Crippen LogP contribution in [-0.2, 0) is 0 Å². The van der Waals surface area contributed by atoms with E-state index in [1.54, 1.807) is 6.20 Å². The number of alkyl halides is 1. The summed E-state index contributed by atoms with van der Waals surface area (Å²) in [7, 11) is 0. The molecule has 2 heterocycles. The molecule has 1 atom stereocenters. The van der Waals surface area contributed by atoms with Gasteiger partial charge in [-0.05, 0) is 25.7 Å². The van der Waals surface area contributed by atoms with E-state index in [-0.39, 0.29) is 22.9 Å². The first-order valence-corrected chi connectivity index (χ1v) is 7.40. The van der Waals surface area contributed by atoms with Gasteiger partial charge in [0.05, 0.1) is 0 Å². The van der Waals surface area contributed by atoms with E-state index in [2.05, 4.69) is 20.9 Å². The van der Waals surface area contributed by atoms with Gasteiger partial charge in [0.2, 0.25) is 0 Å². The molecule has 1 aromatic heterocycles. The van der Waals surface area contributed by atoms with Crippen molar-refractivity contribution in [3.8, 4) is 0 Å². The molecule has 18 heavy (non-hydrogen) atoms. The molecule has 0 radical (unpaired) electrons. The summed E-state index contributed by atoms with van der Waals surface area (Å²) in [6.07, 6.45) is 7.20. The van der Waals surface area contributed by atoms with E-state index >= 15 is 0 Å². The molecule has 1 unspecified atom stereocenters. The Morgan fingerprint density at radius 1 is 1.50 bits per heavy atom. The van der Waals surface area contributed by atoms with E-state index < -0.39 is 0 Å². The minimum atomic E-state index is -0.207. The zero-order valence-electron chi connectivity index (χ0n) is 10.2. The van der Waals surface area contributed by atoms with E-state index in [1.165, 1.54) is 12.3 Å². The maximum Gasteiger partial charge on any atom is 0.259 e. The van der Waals surface area contributed by atoms with Gasteiger partial charge in [-0.2, -0.15) is 0 Å². The van der Waals surface area contributed by atoms with Crippen molar-refractivity contribution in [3.05, 3.63) is 34.2 Å². The van der Waals surface area contributed by atoms with Crippen molar-refractivity contribution in [1.82, 2.24) is 9.88 Å². The third kappa shape index (κ3) is 2.83. The van der Waals surface area contributed by atoms with Gasteiger partial charge in [-0.3, -0.25) is 9.59 Å². The van der Waals surface area contributed by atoms with Crippen LogP contribution in [0.1, 0.15) is 36.0 Å². The fourth-order valence-corrected chi connectivity index (χ4v) is 2.96. The highest BCUT2D eigenvalue weighted by atomic mass is 79.9. The van der Waals surface area contributed by atoms with Crippen LogP contribution < -0.4 is 5.43 Å². The van der Waals surface area contributed by atoms with E-state index in [4.69, 9.17) is 0 Å². The van der Waals surface area contributed by atoms with Gasteiger partial charge in [-0.25, -0.2) is 0 Å². The maximum atomic E-state index is 12.4. The Morgan fingerprint density at radius 3 is 3.06 bits per heavy atom. The number of aromatic amines is 1. The van der Waals surface area contributed by atoms with Crippen LogP contribution >= 0.6 is 15.9 Å². The Morgan fingerprint density at radius 2 is 2.33 bits per heavy atom. The molecule has 98 valence electrons. The first-order valence-electron chi connectivity index (χ1n) is 6.28. The van der Waals surface area contributed by atoms with Gasteiger partial charge in [0.25, 0.3) is 5.91 Å². The topological polar surface area (TPSA) is 53.2 Å². The highest BCUT2D eigenvalue weighted by Crippen LogP contribution is 2.21. The van der Waals surface area contributed by atoms with Crippen LogP contribution in [-0.4, -0.2) is 33.7 Å². The number of hydrogen-bond acceptors (Lipinski definition) is 2. The molecule has 0 aromatic carbocycles. The van der Waals surface area contributed by atoms with Crippen LogP contribution in [0, 0.1) is 0 Å². The average Bonchev–Trinajstić information content (AvgIpc) is 2.40. The Balaban J connectivity index is 2.21. The molecule has 2 rings (SSSR count). The van der Waals surface area contributed by atoms with Crippen molar-refractivity contribution in [1.29, 1.82) is 0 Å². The molecule has 1 amide bonds. The van der Waals surface area contributed by atoms with Crippen LogP contribution in [0.4, 0.5) is 0 Å². The van der Waals surface area contributed by atoms with Crippen molar-refractivity contribution in [2.24, 2.45) is 0 Å². The summed E-state index contributed by atoms with van der Waals surface area (Å²) < 4.78 is 0. The van der Waals surface area contributed by atoms with E-state index in [1.807, 2.05) is 4.90 Å². The number of amides is 1. The SMILES string of the molecule is O=C(c1c[nH]ccc1=O)N1CCCCC1CCBr. The lowest BCUT2D eigenvalue weighted by Crippen LogP contribution is -2.45. The second-order valence-electron chi connectivity index (χ2n) is 4.55. The van der Waals surface area contributed by atoms with Crippen molar-refractivity contribution in [2.45, 2.75) is 31.7 Å². The number of likely N-dealkylation sites (tertiary alicyclic amines) is 1. The molecule has 1 N–H and O–H groups in total. The van der Waals surface area contributed by atoms with Gasteiger partial charge in [0.1, 0.15) is 5.56 Å². The largest absolute Gasteiger partial charge is 0.367 e. The van der Waals surface area contributed by atoms with Crippen LogP contribution in [0.15, 0.2) is 23.3 Å². The maximum absolute atomic E-state index is 12.4. The summed E-state index contributed by atoms with van der Waals surface area (Å²) in [5, 5.41) is 0.882. The standard InChI is InChI=1S/C13H17BrN2O2/c14-6-4-10-3-1-2-8-16(10)13(18)11-9-15-7-5-12(11)17/h5,7,9-10H,1-4,6,8H2,(H,15,17). The van der Waals surface area contributed by atoms with Crippen LogP contribution in [0.25, 0.3) is 0 Å². The van der Waals surface area contributed by atoms with Crippen LogP contribution in [0.5, 0.6) is 0 Å². The number of carbonyl (C=O) groups excluding carboxylic acids is 1. The molecular formula is C13H17BrN2O2. The monoisotopic (exact) mass is 312 g/mol. The number of nitrogens with zero attached hydrogens (tertiary/aromatic N) is 1. The molecule has 1 fully saturated rings. The molecule has 5 heteroatoms. The molecule has 0 saturated carbocycles. The fourth-order valence-electron chi connectivity index (χ4n) is 2.43. The highest BCUT2D eigenvalue weighted by molar-refractivity contribution is 9.09. The first kappa shape index (κ1) is 13.3. The van der Waals surface area contributed by atoms with E-state index in [0.29, 0.717) is 0 Å². The van der Waals surface area contributed by atoms with Gasteiger partial charge < -0.3 is 9.88 Å². The lowest BCUT2D eigenvalue weighted by Gasteiger charge is -2.35. The Bertz CT molecular complexity index is 470. The Labute approximate surface area is 115 Å². The van der Waals surface area contributed by atoms with Gasteiger partial charge in [0.15, 0.2) is 5.43 Å². The normalized spacial score (nSPS) is 19.8. The molecule has 1 aliphatic heterocycles. The van der Waals surface area contributed by atoms with Gasteiger partial charge >= 0.3 is 0 Å². The van der Waals surface area contributed by atoms with E-state index in [9.17, 15) is 9.59 Å². The lowest BCUT2D eigenvalue weighted by atomic mass is 9.99. The molecule has 0 bridgehead atoms. The van der Waals surface area contributed by atoms with Gasteiger partial charge in [-0.15, -0.1) is 0 Å². The summed E-state index contributed by atoms with van der Waals surface area (Å²) >= 11 is 3.43. The number of pyridine rings is 1.